The Morgan fingerprint density at radius 1 is 1.45 bits per heavy atom. The molecule has 0 saturated heterocycles. The molecule has 2 unspecified atom stereocenters. The second kappa shape index (κ2) is 7.39. The molecule has 8 heteroatoms. The summed E-state index contributed by atoms with van der Waals surface area (Å²) in [6.07, 6.45) is 4.23. The average molecular weight is 287 g/mol. The molecule has 0 radical (unpaired) electrons. The van der Waals surface area contributed by atoms with Gasteiger partial charge in [0.05, 0.1) is 0 Å². The highest BCUT2D eigenvalue weighted by atomic mass is 16.6. The molecule has 3 N–H and O–H groups in total. The van der Waals surface area contributed by atoms with Crippen LogP contribution in [-0.2, 0) is 9.59 Å². The van der Waals surface area contributed by atoms with Crippen LogP contribution in [0.4, 0.5) is 0 Å². The minimum atomic E-state index is -2.15. The third-order valence-electron chi connectivity index (χ3n) is 2.82. The predicted octanol–water partition coefficient (Wildman–Crippen LogP) is 0.692. The van der Waals surface area contributed by atoms with Crippen molar-refractivity contribution in [2.45, 2.75) is 25.8 Å². The van der Waals surface area contributed by atoms with Gasteiger partial charge in [0.15, 0.2) is 0 Å². The average Bonchev–Trinajstić information content (AvgIpc) is 2.38. The molecule has 0 heterocycles. The Morgan fingerprint density at radius 3 is 2.25 bits per heavy atom. The van der Waals surface area contributed by atoms with E-state index in [0.717, 1.165) is 25.5 Å². The highest BCUT2D eigenvalue weighted by Gasteiger charge is 2.55. The summed E-state index contributed by atoms with van der Waals surface area (Å²) in [5.41, 5.74) is -2.68. The normalized spacial score (nSPS) is 24.1. The number of carboxylic acid groups (broad SMARTS) is 2. The molecule has 2 atom stereocenters. The van der Waals surface area contributed by atoms with Crippen LogP contribution in [0.1, 0.15) is 20.3 Å². The van der Waals surface area contributed by atoms with Gasteiger partial charge in [-0.25, -0.2) is 4.79 Å². The number of nitrogens with zero attached hydrogens (tertiary/aromatic N) is 1. The van der Waals surface area contributed by atoms with Crippen LogP contribution in [0.2, 0.25) is 0 Å². The van der Waals surface area contributed by atoms with E-state index in [2.05, 4.69) is 0 Å². The summed E-state index contributed by atoms with van der Waals surface area (Å²) in [5, 5.41) is 36.5. The van der Waals surface area contributed by atoms with E-state index >= 15 is 0 Å². The van der Waals surface area contributed by atoms with Crippen LogP contribution < -0.4 is 0 Å². The maximum absolute atomic E-state index is 10.9. The molecule has 1 rings (SSSR count). The van der Waals surface area contributed by atoms with Gasteiger partial charge in [-0.2, -0.15) is 0 Å². The Bertz CT molecular complexity index is 453. The van der Waals surface area contributed by atoms with E-state index in [-0.39, 0.29) is 0 Å². The van der Waals surface area contributed by atoms with Crippen molar-refractivity contribution in [3.05, 3.63) is 33.9 Å². The number of aliphatic hydroxyl groups is 1. The molecule has 1 aliphatic rings. The maximum Gasteiger partial charge on any atom is 0.338 e. The highest BCUT2D eigenvalue weighted by Crippen LogP contribution is 2.34. The van der Waals surface area contributed by atoms with E-state index in [0.29, 0.717) is 6.61 Å². The van der Waals surface area contributed by atoms with Crippen molar-refractivity contribution in [3.63, 3.8) is 0 Å². The fraction of sp³-hybridized carbons (Fsp3) is 0.500. The van der Waals surface area contributed by atoms with Crippen LogP contribution in [-0.4, -0.2) is 44.3 Å². The maximum atomic E-state index is 10.9. The monoisotopic (exact) mass is 287 g/mol. The van der Waals surface area contributed by atoms with Crippen molar-refractivity contribution in [2.24, 2.45) is 5.92 Å². The van der Waals surface area contributed by atoms with Gasteiger partial charge < -0.3 is 15.3 Å². The Balaban J connectivity index is 0.000000796. The number of nitro groups is 1. The number of aliphatic carboxylic acids is 2. The van der Waals surface area contributed by atoms with Crippen LogP contribution >= 0.6 is 0 Å². The molecular formula is C12H17NO7. The first-order chi connectivity index (χ1) is 9.23. The molecule has 0 aliphatic heterocycles. The van der Waals surface area contributed by atoms with Crippen molar-refractivity contribution >= 4 is 11.9 Å². The van der Waals surface area contributed by atoms with Crippen LogP contribution in [0, 0.1) is 16.0 Å². The third kappa shape index (κ3) is 3.64. The van der Waals surface area contributed by atoms with Crippen molar-refractivity contribution in [1.29, 1.82) is 0 Å². The molecule has 0 aromatic carbocycles. The SMILES string of the molecule is CC1([N+](=O)[O-])C(C(=O)O)=CC=CC1C(=O)O.CCCO. The molecule has 0 bridgehead atoms. The van der Waals surface area contributed by atoms with Crippen molar-refractivity contribution in [3.8, 4) is 0 Å². The number of rotatable bonds is 4. The molecule has 0 aromatic heterocycles. The van der Waals surface area contributed by atoms with E-state index in [4.69, 9.17) is 15.3 Å². The molecule has 112 valence electrons. The van der Waals surface area contributed by atoms with Gasteiger partial charge in [0.25, 0.3) is 5.54 Å². The van der Waals surface area contributed by atoms with Gasteiger partial charge in [-0.1, -0.05) is 19.1 Å². The first-order valence-electron chi connectivity index (χ1n) is 5.83. The van der Waals surface area contributed by atoms with E-state index in [9.17, 15) is 19.7 Å². The first kappa shape index (κ1) is 17.8. The summed E-state index contributed by atoms with van der Waals surface area (Å²) in [5.74, 6) is -4.41. The fourth-order valence-corrected chi connectivity index (χ4v) is 1.61. The van der Waals surface area contributed by atoms with Gasteiger partial charge >= 0.3 is 11.9 Å². The van der Waals surface area contributed by atoms with Gasteiger partial charge in [0.2, 0.25) is 0 Å². The number of hydrogen-bond acceptors (Lipinski definition) is 5. The number of aliphatic hydroxyl groups excluding tert-OH is 1. The van der Waals surface area contributed by atoms with Crippen LogP contribution in [0.15, 0.2) is 23.8 Å². The zero-order valence-electron chi connectivity index (χ0n) is 11.1. The lowest BCUT2D eigenvalue weighted by atomic mass is 9.76. The van der Waals surface area contributed by atoms with E-state index < -0.39 is 33.9 Å². The van der Waals surface area contributed by atoms with Crippen molar-refractivity contribution in [1.82, 2.24) is 0 Å². The largest absolute Gasteiger partial charge is 0.481 e. The van der Waals surface area contributed by atoms with Crippen molar-refractivity contribution < 1.29 is 29.8 Å². The lowest BCUT2D eigenvalue weighted by molar-refractivity contribution is -0.558. The number of carboxylic acids is 2. The Kier molecular flexibility index (Phi) is 6.57. The minimum Gasteiger partial charge on any atom is -0.481 e. The number of carbonyl (C=O) groups is 2. The summed E-state index contributed by atoms with van der Waals surface area (Å²) in [7, 11) is 0. The van der Waals surface area contributed by atoms with Crippen LogP contribution in [0.3, 0.4) is 0 Å². The fourth-order valence-electron chi connectivity index (χ4n) is 1.61. The topological polar surface area (TPSA) is 138 Å². The second-order valence-corrected chi connectivity index (χ2v) is 4.21. The zero-order valence-corrected chi connectivity index (χ0v) is 11.1. The van der Waals surface area contributed by atoms with E-state index in [1.807, 2.05) is 6.92 Å². The zero-order chi connectivity index (χ0) is 15.9. The Morgan fingerprint density at radius 2 is 1.95 bits per heavy atom. The Hall–Kier alpha value is -2.22. The van der Waals surface area contributed by atoms with E-state index in [1.54, 1.807) is 0 Å². The summed E-state index contributed by atoms with van der Waals surface area (Å²) < 4.78 is 0. The molecular weight excluding hydrogens is 270 g/mol. The summed E-state index contributed by atoms with van der Waals surface area (Å²) in [6, 6.07) is 0. The van der Waals surface area contributed by atoms with Crippen molar-refractivity contribution in [2.75, 3.05) is 6.61 Å². The molecule has 0 spiro atoms. The van der Waals surface area contributed by atoms with Gasteiger partial charge in [-0.3, -0.25) is 14.9 Å². The lowest BCUT2D eigenvalue weighted by Gasteiger charge is -2.27. The molecule has 0 amide bonds. The van der Waals surface area contributed by atoms with Gasteiger partial charge in [-0.05, 0) is 12.5 Å². The van der Waals surface area contributed by atoms with Crippen LogP contribution in [0.25, 0.3) is 0 Å². The number of allylic oxidation sites excluding steroid dienone is 2. The van der Waals surface area contributed by atoms with Gasteiger partial charge in [0, 0.05) is 18.5 Å². The highest BCUT2D eigenvalue weighted by molar-refractivity contribution is 5.92. The molecule has 1 aliphatic carbocycles. The second-order valence-electron chi connectivity index (χ2n) is 4.21. The quantitative estimate of drug-likeness (QED) is 0.510. The van der Waals surface area contributed by atoms with E-state index in [1.165, 1.54) is 6.08 Å². The Labute approximate surface area is 115 Å². The smallest absolute Gasteiger partial charge is 0.338 e. The molecule has 20 heavy (non-hydrogen) atoms. The van der Waals surface area contributed by atoms with Crippen LogP contribution in [0.5, 0.6) is 0 Å². The summed E-state index contributed by atoms with van der Waals surface area (Å²) >= 11 is 0. The summed E-state index contributed by atoms with van der Waals surface area (Å²) in [6.45, 7) is 3.25. The lowest BCUT2D eigenvalue weighted by Crippen LogP contribution is -2.50. The third-order valence-corrected chi connectivity index (χ3v) is 2.82. The predicted molar refractivity (Wildman–Crippen MR) is 68.8 cm³/mol. The van der Waals surface area contributed by atoms with Gasteiger partial charge in [-0.15, -0.1) is 0 Å². The number of hydrogen-bond donors (Lipinski definition) is 3. The minimum absolute atomic E-state index is 0.319. The molecule has 0 fully saturated rings. The summed E-state index contributed by atoms with van der Waals surface area (Å²) in [4.78, 5) is 31.7. The molecule has 0 saturated carbocycles. The van der Waals surface area contributed by atoms with Gasteiger partial charge in [0.1, 0.15) is 11.5 Å². The molecule has 0 aromatic rings. The molecule has 8 nitrogen and oxygen atoms in total. The first-order valence-corrected chi connectivity index (χ1v) is 5.83. The standard InChI is InChI=1S/C9H9NO6.C3H8O/c1-9(10(15)16)5(7(11)12)3-2-4-6(9)8(13)14;1-2-3-4/h2-5H,1H3,(H,11,12)(H,13,14);4H,2-3H2,1H3.